The van der Waals surface area contributed by atoms with Gasteiger partial charge in [-0.15, -0.1) is 0 Å². The van der Waals surface area contributed by atoms with Gasteiger partial charge in [0.1, 0.15) is 14.1 Å². The second-order valence-electron chi connectivity index (χ2n) is 7.70. The molecular formula is C27H24N2+2. The SMILES string of the molecule is Cc1ccccc1-c1c2ccccc2cc(-c2c3ccccc3cc[n+]2C)[n+]1C. The maximum absolute atomic E-state index is 2.35. The van der Waals surface area contributed by atoms with Crippen LogP contribution < -0.4 is 9.13 Å². The Morgan fingerprint density at radius 3 is 2.00 bits per heavy atom. The predicted molar refractivity (Wildman–Crippen MR) is 119 cm³/mol. The topological polar surface area (TPSA) is 7.76 Å². The van der Waals surface area contributed by atoms with Crippen LogP contribution >= 0.6 is 0 Å². The van der Waals surface area contributed by atoms with Crippen LogP contribution in [0, 0.1) is 6.92 Å². The molecule has 0 amide bonds. The monoisotopic (exact) mass is 376 g/mol. The summed E-state index contributed by atoms with van der Waals surface area (Å²) in [5, 5.41) is 5.05. The highest BCUT2D eigenvalue weighted by molar-refractivity contribution is 5.97. The van der Waals surface area contributed by atoms with Gasteiger partial charge in [0.05, 0.1) is 10.8 Å². The second-order valence-corrected chi connectivity index (χ2v) is 7.70. The highest BCUT2D eigenvalue weighted by Crippen LogP contribution is 2.32. The van der Waals surface area contributed by atoms with Gasteiger partial charge in [-0.25, -0.2) is 0 Å². The Kier molecular flexibility index (Phi) is 4.13. The molecule has 0 fully saturated rings. The lowest BCUT2D eigenvalue weighted by Crippen LogP contribution is -2.40. The molecule has 0 radical (unpaired) electrons. The molecule has 140 valence electrons. The van der Waals surface area contributed by atoms with Crippen LogP contribution in [0.15, 0.2) is 91.1 Å². The van der Waals surface area contributed by atoms with E-state index in [2.05, 4.69) is 121 Å². The van der Waals surface area contributed by atoms with E-state index in [1.165, 1.54) is 49.8 Å². The lowest BCUT2D eigenvalue weighted by Gasteiger charge is -2.11. The zero-order chi connectivity index (χ0) is 20.0. The summed E-state index contributed by atoms with van der Waals surface area (Å²) in [4.78, 5) is 0. The number of rotatable bonds is 2. The third kappa shape index (κ3) is 2.80. The molecule has 2 heterocycles. The molecule has 0 spiro atoms. The fourth-order valence-corrected chi connectivity index (χ4v) is 4.41. The molecule has 2 heteroatoms. The second kappa shape index (κ2) is 6.82. The van der Waals surface area contributed by atoms with Gasteiger partial charge >= 0.3 is 0 Å². The third-order valence-electron chi connectivity index (χ3n) is 5.89. The van der Waals surface area contributed by atoms with E-state index >= 15 is 0 Å². The van der Waals surface area contributed by atoms with Crippen molar-refractivity contribution in [2.24, 2.45) is 14.1 Å². The number of benzene rings is 3. The van der Waals surface area contributed by atoms with Crippen molar-refractivity contribution >= 4 is 21.5 Å². The van der Waals surface area contributed by atoms with Gasteiger partial charge in [0.2, 0.25) is 5.69 Å². The van der Waals surface area contributed by atoms with E-state index in [1.54, 1.807) is 0 Å². The van der Waals surface area contributed by atoms with Crippen molar-refractivity contribution < 1.29 is 9.13 Å². The molecule has 0 saturated heterocycles. The summed E-state index contributed by atoms with van der Waals surface area (Å²) in [5.74, 6) is 0. The lowest BCUT2D eigenvalue weighted by molar-refractivity contribution is -0.683. The van der Waals surface area contributed by atoms with Crippen molar-refractivity contribution in [1.82, 2.24) is 0 Å². The summed E-state index contributed by atoms with van der Waals surface area (Å²) in [6.45, 7) is 2.19. The molecule has 0 aliphatic rings. The first-order valence-electron chi connectivity index (χ1n) is 10.0. The lowest BCUT2D eigenvalue weighted by atomic mass is 9.97. The van der Waals surface area contributed by atoms with Gasteiger partial charge in [0.15, 0.2) is 6.20 Å². The molecule has 2 nitrogen and oxygen atoms in total. The van der Waals surface area contributed by atoms with Crippen molar-refractivity contribution in [3.8, 4) is 22.6 Å². The normalized spacial score (nSPS) is 11.3. The quantitative estimate of drug-likeness (QED) is 0.370. The first-order valence-corrected chi connectivity index (χ1v) is 10.0. The van der Waals surface area contributed by atoms with Gasteiger partial charge in [-0.2, -0.15) is 9.13 Å². The number of fused-ring (bicyclic) bond motifs is 2. The molecular weight excluding hydrogens is 352 g/mol. The molecule has 5 aromatic rings. The van der Waals surface area contributed by atoms with Crippen LogP contribution in [0.2, 0.25) is 0 Å². The van der Waals surface area contributed by atoms with Gasteiger partial charge in [-0.1, -0.05) is 54.6 Å². The Morgan fingerprint density at radius 2 is 1.24 bits per heavy atom. The average Bonchev–Trinajstić information content (AvgIpc) is 2.74. The first kappa shape index (κ1) is 17.6. The molecule has 0 aliphatic heterocycles. The molecule has 0 N–H and O–H groups in total. The van der Waals surface area contributed by atoms with Crippen LogP contribution in [-0.4, -0.2) is 0 Å². The number of aryl methyl sites for hydroxylation is 2. The number of pyridine rings is 2. The minimum absolute atomic E-state index is 1.21. The number of hydrogen-bond acceptors (Lipinski definition) is 0. The fourth-order valence-electron chi connectivity index (χ4n) is 4.41. The number of aromatic nitrogens is 2. The smallest absolute Gasteiger partial charge is 0.195 e. The van der Waals surface area contributed by atoms with E-state index in [4.69, 9.17) is 0 Å². The van der Waals surface area contributed by atoms with E-state index in [-0.39, 0.29) is 0 Å². The Morgan fingerprint density at radius 1 is 0.621 bits per heavy atom. The van der Waals surface area contributed by atoms with Gasteiger partial charge in [0, 0.05) is 17.7 Å². The summed E-state index contributed by atoms with van der Waals surface area (Å²) < 4.78 is 4.58. The minimum atomic E-state index is 1.21. The van der Waals surface area contributed by atoms with Crippen LogP contribution in [0.1, 0.15) is 5.56 Å². The van der Waals surface area contributed by atoms with Gasteiger partial charge in [0.25, 0.3) is 11.4 Å². The molecule has 0 aliphatic carbocycles. The van der Waals surface area contributed by atoms with E-state index in [9.17, 15) is 0 Å². The minimum Gasteiger partial charge on any atom is -0.195 e. The molecule has 0 bridgehead atoms. The Labute approximate surface area is 171 Å². The van der Waals surface area contributed by atoms with Crippen molar-refractivity contribution in [3.05, 3.63) is 96.7 Å². The molecule has 0 saturated carbocycles. The summed E-state index contributed by atoms with van der Waals surface area (Å²) in [5.41, 5.74) is 6.25. The predicted octanol–water partition coefficient (Wildman–Crippen LogP) is 5.28. The Hall–Kier alpha value is -3.52. The average molecular weight is 377 g/mol. The van der Waals surface area contributed by atoms with Crippen LogP contribution in [0.5, 0.6) is 0 Å². The molecule has 3 aromatic carbocycles. The van der Waals surface area contributed by atoms with Gasteiger partial charge in [-0.05, 0) is 41.5 Å². The molecule has 0 unspecified atom stereocenters. The first-order chi connectivity index (χ1) is 14.1. The fraction of sp³-hybridized carbons (Fsp3) is 0.111. The highest BCUT2D eigenvalue weighted by Gasteiger charge is 2.28. The molecule has 5 rings (SSSR count). The summed E-state index contributed by atoms with van der Waals surface area (Å²) in [6.07, 6.45) is 2.15. The zero-order valence-corrected chi connectivity index (χ0v) is 17.1. The highest BCUT2D eigenvalue weighted by atomic mass is 15.0. The van der Waals surface area contributed by atoms with E-state index < -0.39 is 0 Å². The van der Waals surface area contributed by atoms with Crippen molar-refractivity contribution in [1.29, 1.82) is 0 Å². The third-order valence-corrected chi connectivity index (χ3v) is 5.89. The maximum Gasteiger partial charge on any atom is 0.285 e. The summed E-state index contributed by atoms with van der Waals surface area (Å²) in [6, 6.07) is 30.5. The van der Waals surface area contributed by atoms with Crippen molar-refractivity contribution in [3.63, 3.8) is 0 Å². The van der Waals surface area contributed by atoms with Crippen LogP contribution in [0.25, 0.3) is 44.2 Å². The summed E-state index contributed by atoms with van der Waals surface area (Å²) in [7, 11) is 4.32. The molecule has 0 atom stereocenters. The van der Waals surface area contributed by atoms with Crippen molar-refractivity contribution in [2.75, 3.05) is 0 Å². The van der Waals surface area contributed by atoms with E-state index in [0.29, 0.717) is 0 Å². The van der Waals surface area contributed by atoms with E-state index in [0.717, 1.165) is 0 Å². The Balaban J connectivity index is 1.95. The number of nitrogens with zero attached hydrogens (tertiary/aromatic N) is 2. The standard InChI is InChI=1S/C27H24N2/c1-19-10-4-7-13-22(19)26-24-15-9-6-12-21(24)18-25(29(26)3)27-23-14-8-5-11-20(23)16-17-28(27)2/h4-18H,1-3H3/q+2. The van der Waals surface area contributed by atoms with Gasteiger partial charge < -0.3 is 0 Å². The molecule has 29 heavy (non-hydrogen) atoms. The zero-order valence-electron chi connectivity index (χ0n) is 17.1. The largest absolute Gasteiger partial charge is 0.285 e. The number of hydrogen-bond donors (Lipinski definition) is 0. The van der Waals surface area contributed by atoms with Crippen molar-refractivity contribution in [2.45, 2.75) is 6.92 Å². The summed E-state index contributed by atoms with van der Waals surface area (Å²) >= 11 is 0. The van der Waals surface area contributed by atoms with E-state index in [1.807, 2.05) is 0 Å². The maximum atomic E-state index is 2.35. The van der Waals surface area contributed by atoms with Crippen LogP contribution in [-0.2, 0) is 14.1 Å². The van der Waals surface area contributed by atoms with Crippen LogP contribution in [0.3, 0.4) is 0 Å². The van der Waals surface area contributed by atoms with Crippen LogP contribution in [0.4, 0.5) is 0 Å². The molecule has 2 aromatic heterocycles. The Bertz CT molecular complexity index is 1380. The van der Waals surface area contributed by atoms with Gasteiger partial charge in [-0.3, -0.25) is 0 Å².